The van der Waals surface area contributed by atoms with Gasteiger partial charge in [0.15, 0.2) is 0 Å². The summed E-state index contributed by atoms with van der Waals surface area (Å²) in [5, 5.41) is 0. The van der Waals surface area contributed by atoms with Crippen molar-refractivity contribution >= 4 is 18.0 Å². The van der Waals surface area contributed by atoms with Gasteiger partial charge in [-0.3, -0.25) is 9.59 Å². The lowest BCUT2D eigenvalue weighted by Gasteiger charge is -2.29. The molecule has 0 unspecified atom stereocenters. The Morgan fingerprint density at radius 3 is 2.53 bits per heavy atom. The summed E-state index contributed by atoms with van der Waals surface area (Å²) in [4.78, 5) is 34.5. The highest BCUT2D eigenvalue weighted by Gasteiger charge is 2.50. The number of carbonyl (C=O) groups excluding carboxylic acids is 3. The van der Waals surface area contributed by atoms with E-state index in [2.05, 4.69) is 0 Å². The Kier molecular flexibility index (Phi) is 4.07. The van der Waals surface area contributed by atoms with Crippen molar-refractivity contribution in [3.05, 3.63) is 0 Å². The zero-order valence-corrected chi connectivity index (χ0v) is 10.7. The van der Waals surface area contributed by atoms with Gasteiger partial charge in [0.05, 0.1) is 0 Å². The molecule has 4 nitrogen and oxygen atoms in total. The zero-order chi connectivity index (χ0) is 13.1. The van der Waals surface area contributed by atoms with Gasteiger partial charge in [-0.05, 0) is 40.0 Å². The first kappa shape index (κ1) is 13.9. The molecule has 1 fully saturated rings. The average molecular weight is 240 g/mol. The van der Waals surface area contributed by atoms with E-state index in [1.165, 1.54) is 0 Å². The number of hydrogen-bond donors (Lipinski definition) is 0. The third-order valence-electron chi connectivity index (χ3n) is 3.02. The summed E-state index contributed by atoms with van der Waals surface area (Å²) in [5.74, 6) is -0.539. The lowest BCUT2D eigenvalue weighted by atomic mass is 9.80. The molecule has 0 spiro atoms. The van der Waals surface area contributed by atoms with E-state index in [0.717, 1.165) is 6.29 Å². The molecule has 1 atom stereocenters. The maximum Gasteiger partial charge on any atom is 0.320 e. The van der Waals surface area contributed by atoms with E-state index in [0.29, 0.717) is 19.3 Å². The van der Waals surface area contributed by atoms with E-state index in [9.17, 15) is 14.4 Å². The number of ether oxygens (including phenoxy) is 1. The van der Waals surface area contributed by atoms with Crippen molar-refractivity contribution in [3.63, 3.8) is 0 Å². The third-order valence-corrected chi connectivity index (χ3v) is 3.02. The zero-order valence-electron chi connectivity index (χ0n) is 10.7. The molecule has 0 aromatic rings. The third kappa shape index (κ3) is 3.14. The predicted molar refractivity (Wildman–Crippen MR) is 62.4 cm³/mol. The van der Waals surface area contributed by atoms with E-state index in [4.69, 9.17) is 4.74 Å². The molecule has 4 heteroatoms. The molecular weight excluding hydrogens is 220 g/mol. The highest BCUT2D eigenvalue weighted by atomic mass is 16.6. The van der Waals surface area contributed by atoms with Crippen molar-refractivity contribution < 1.29 is 19.1 Å². The maximum atomic E-state index is 12.1. The highest BCUT2D eigenvalue weighted by molar-refractivity contribution is 6.05. The van der Waals surface area contributed by atoms with Crippen LogP contribution in [0.15, 0.2) is 0 Å². The molecule has 96 valence electrons. The van der Waals surface area contributed by atoms with Crippen molar-refractivity contribution in [3.8, 4) is 0 Å². The van der Waals surface area contributed by atoms with Crippen molar-refractivity contribution in [2.45, 2.75) is 58.5 Å². The molecule has 0 heterocycles. The maximum absolute atomic E-state index is 12.1. The van der Waals surface area contributed by atoms with Gasteiger partial charge in [0.25, 0.3) is 0 Å². The fourth-order valence-corrected chi connectivity index (χ4v) is 2.19. The minimum absolute atomic E-state index is 0.0754. The van der Waals surface area contributed by atoms with Crippen LogP contribution in [0, 0.1) is 5.41 Å². The Labute approximate surface area is 102 Å². The molecule has 0 amide bonds. The number of Topliss-reactive ketones (excluding diaryl/α,β-unsaturated/α-hetero) is 1. The van der Waals surface area contributed by atoms with Crippen LogP contribution < -0.4 is 0 Å². The van der Waals surface area contributed by atoms with E-state index >= 15 is 0 Å². The molecule has 0 aromatic carbocycles. The average Bonchev–Trinajstić information content (AvgIpc) is 2.55. The summed E-state index contributed by atoms with van der Waals surface area (Å²) in [6, 6.07) is 0. The van der Waals surface area contributed by atoms with Crippen LogP contribution in [0.25, 0.3) is 0 Å². The smallest absolute Gasteiger partial charge is 0.320 e. The minimum atomic E-state index is -1.06. The van der Waals surface area contributed by atoms with Gasteiger partial charge < -0.3 is 9.53 Å². The molecule has 1 aliphatic rings. The summed E-state index contributed by atoms with van der Waals surface area (Å²) in [6.07, 6.45) is 2.89. The lowest BCUT2D eigenvalue weighted by molar-refractivity contribution is -0.169. The van der Waals surface area contributed by atoms with E-state index < -0.39 is 17.0 Å². The van der Waals surface area contributed by atoms with Gasteiger partial charge in [0.2, 0.25) is 0 Å². The minimum Gasteiger partial charge on any atom is -0.459 e. The number of hydrogen-bond acceptors (Lipinski definition) is 4. The molecule has 0 aromatic heterocycles. The summed E-state index contributed by atoms with van der Waals surface area (Å²) in [5.41, 5.74) is -1.66. The SMILES string of the molecule is CC(C)(C)OC(=O)[C@@]1(CCC=O)CCCC1=O. The highest BCUT2D eigenvalue weighted by Crippen LogP contribution is 2.40. The Hall–Kier alpha value is -1.19. The predicted octanol–water partition coefficient (Wildman–Crippen LogP) is 2.05. The number of aldehydes is 1. The summed E-state index contributed by atoms with van der Waals surface area (Å²) < 4.78 is 5.32. The van der Waals surface area contributed by atoms with Crippen LogP contribution in [0.2, 0.25) is 0 Å². The Morgan fingerprint density at radius 2 is 2.12 bits per heavy atom. The van der Waals surface area contributed by atoms with Gasteiger partial charge in [-0.25, -0.2) is 0 Å². The van der Waals surface area contributed by atoms with Crippen LogP contribution in [0.1, 0.15) is 52.9 Å². The van der Waals surface area contributed by atoms with Crippen molar-refractivity contribution in [1.82, 2.24) is 0 Å². The second kappa shape index (κ2) is 4.98. The van der Waals surface area contributed by atoms with Gasteiger partial charge in [0, 0.05) is 12.8 Å². The second-order valence-corrected chi connectivity index (χ2v) is 5.57. The summed E-state index contributed by atoms with van der Waals surface area (Å²) >= 11 is 0. The number of ketones is 1. The van der Waals surface area contributed by atoms with Crippen LogP contribution in [-0.2, 0) is 19.1 Å². The van der Waals surface area contributed by atoms with Crippen LogP contribution in [0.4, 0.5) is 0 Å². The normalized spacial score (nSPS) is 24.8. The van der Waals surface area contributed by atoms with Gasteiger partial charge in [-0.15, -0.1) is 0 Å². The van der Waals surface area contributed by atoms with E-state index in [1.807, 2.05) is 0 Å². The fourth-order valence-electron chi connectivity index (χ4n) is 2.19. The number of rotatable bonds is 4. The topological polar surface area (TPSA) is 60.4 Å². The quantitative estimate of drug-likeness (QED) is 0.428. The molecular formula is C13H20O4. The number of carbonyl (C=O) groups is 3. The van der Waals surface area contributed by atoms with Crippen LogP contribution in [0.5, 0.6) is 0 Å². The standard InChI is InChI=1S/C13H20O4/c1-12(2,3)17-11(16)13(8-5-9-14)7-4-6-10(13)15/h9H,4-8H2,1-3H3/t13-/m1/s1. The fraction of sp³-hybridized carbons (Fsp3) is 0.769. The Morgan fingerprint density at radius 1 is 1.47 bits per heavy atom. The molecule has 0 radical (unpaired) electrons. The van der Waals surface area contributed by atoms with Gasteiger partial charge in [-0.2, -0.15) is 0 Å². The van der Waals surface area contributed by atoms with Gasteiger partial charge in [0.1, 0.15) is 23.1 Å². The van der Waals surface area contributed by atoms with Crippen LogP contribution in [-0.4, -0.2) is 23.6 Å². The van der Waals surface area contributed by atoms with Crippen molar-refractivity contribution in [2.24, 2.45) is 5.41 Å². The molecule has 17 heavy (non-hydrogen) atoms. The van der Waals surface area contributed by atoms with E-state index in [1.54, 1.807) is 20.8 Å². The van der Waals surface area contributed by atoms with Gasteiger partial charge in [-0.1, -0.05) is 0 Å². The summed E-state index contributed by atoms with van der Waals surface area (Å²) in [7, 11) is 0. The second-order valence-electron chi connectivity index (χ2n) is 5.57. The largest absolute Gasteiger partial charge is 0.459 e. The van der Waals surface area contributed by atoms with Crippen molar-refractivity contribution in [2.75, 3.05) is 0 Å². The molecule has 0 aliphatic heterocycles. The first-order valence-corrected chi connectivity index (χ1v) is 6.02. The van der Waals surface area contributed by atoms with E-state index in [-0.39, 0.29) is 18.6 Å². The molecule has 0 bridgehead atoms. The van der Waals surface area contributed by atoms with Crippen LogP contribution >= 0.6 is 0 Å². The first-order chi connectivity index (χ1) is 7.82. The van der Waals surface area contributed by atoms with Crippen LogP contribution in [0.3, 0.4) is 0 Å². The molecule has 0 saturated heterocycles. The Balaban J connectivity index is 2.87. The molecule has 0 N–H and O–H groups in total. The molecule has 1 saturated carbocycles. The Bertz CT molecular complexity index is 327. The summed E-state index contributed by atoms with van der Waals surface area (Å²) in [6.45, 7) is 5.33. The number of esters is 1. The van der Waals surface area contributed by atoms with Crippen molar-refractivity contribution in [1.29, 1.82) is 0 Å². The monoisotopic (exact) mass is 240 g/mol. The first-order valence-electron chi connectivity index (χ1n) is 6.02. The molecule has 1 aliphatic carbocycles. The van der Waals surface area contributed by atoms with Gasteiger partial charge >= 0.3 is 5.97 Å². The lowest BCUT2D eigenvalue weighted by Crippen LogP contribution is -2.40. The molecule has 1 rings (SSSR count).